The van der Waals surface area contributed by atoms with Crippen LogP contribution >= 0.6 is 11.3 Å². The Kier molecular flexibility index (Phi) is 6.34. The zero-order valence-electron chi connectivity index (χ0n) is 19.8. The van der Waals surface area contributed by atoms with Crippen molar-refractivity contribution < 1.29 is 18.3 Å². The summed E-state index contributed by atoms with van der Waals surface area (Å²) in [6.45, 7) is 3.34. The summed E-state index contributed by atoms with van der Waals surface area (Å²) < 4.78 is 42.1. The molecule has 2 atom stereocenters. The van der Waals surface area contributed by atoms with E-state index in [2.05, 4.69) is 10.1 Å². The van der Waals surface area contributed by atoms with Gasteiger partial charge in [0.2, 0.25) is 5.95 Å². The van der Waals surface area contributed by atoms with Gasteiger partial charge in [-0.3, -0.25) is 0 Å². The molecule has 184 valence electrons. The molecule has 1 aliphatic heterocycles. The van der Waals surface area contributed by atoms with Crippen molar-refractivity contribution in [3.8, 4) is 11.3 Å². The van der Waals surface area contributed by atoms with Gasteiger partial charge in [0, 0.05) is 51.1 Å². The maximum absolute atomic E-state index is 14.8. The molecule has 0 radical (unpaired) electrons. The number of halogens is 2. The topological polar surface area (TPSA) is 81.4 Å². The van der Waals surface area contributed by atoms with E-state index >= 15 is 0 Å². The highest BCUT2D eigenvalue weighted by Crippen LogP contribution is 2.37. The molecule has 1 fully saturated rings. The highest BCUT2D eigenvalue weighted by atomic mass is 32.1. The van der Waals surface area contributed by atoms with Crippen molar-refractivity contribution in [2.45, 2.75) is 25.9 Å². The van der Waals surface area contributed by atoms with E-state index in [1.807, 2.05) is 37.0 Å². The number of anilines is 2. The Morgan fingerprint density at radius 3 is 2.77 bits per heavy atom. The number of rotatable bonds is 6. The van der Waals surface area contributed by atoms with E-state index in [0.717, 1.165) is 11.6 Å². The normalized spacial score (nSPS) is 18.4. The SMILES string of the molecule is COCn1cc(C2CN(c3nc(-c4ccc(F)cc4F)c4sc(N(C)C)nc4n3)CC(C)O2)cn1. The minimum absolute atomic E-state index is 0.113. The van der Waals surface area contributed by atoms with Crippen molar-refractivity contribution in [1.82, 2.24) is 24.7 Å². The quantitative estimate of drug-likeness (QED) is 0.394. The third-order valence-corrected chi connectivity index (χ3v) is 6.85. The van der Waals surface area contributed by atoms with Crippen molar-refractivity contribution in [3.05, 3.63) is 47.8 Å². The van der Waals surface area contributed by atoms with E-state index in [-0.39, 0.29) is 17.8 Å². The van der Waals surface area contributed by atoms with Crippen LogP contribution in [0.2, 0.25) is 0 Å². The fourth-order valence-electron chi connectivity index (χ4n) is 4.05. The van der Waals surface area contributed by atoms with Gasteiger partial charge in [-0.25, -0.2) is 18.4 Å². The number of nitrogens with zero attached hydrogens (tertiary/aromatic N) is 7. The average Bonchev–Trinajstić information content (AvgIpc) is 3.46. The van der Waals surface area contributed by atoms with Crippen LogP contribution in [-0.2, 0) is 16.2 Å². The summed E-state index contributed by atoms with van der Waals surface area (Å²) in [6.07, 6.45) is 3.27. The molecule has 2 unspecified atom stereocenters. The Balaban J connectivity index is 1.57. The van der Waals surface area contributed by atoms with E-state index in [0.29, 0.717) is 46.9 Å². The van der Waals surface area contributed by atoms with Crippen LogP contribution in [0.4, 0.5) is 19.9 Å². The van der Waals surface area contributed by atoms with Crippen LogP contribution in [-0.4, -0.2) is 65.1 Å². The summed E-state index contributed by atoms with van der Waals surface area (Å²) in [5.41, 5.74) is 1.96. The number of ether oxygens (including phenoxy) is 2. The highest BCUT2D eigenvalue weighted by Gasteiger charge is 2.30. The minimum Gasteiger partial charge on any atom is -0.367 e. The van der Waals surface area contributed by atoms with Gasteiger partial charge in [-0.2, -0.15) is 15.1 Å². The molecule has 1 aliphatic rings. The molecular formula is C23H25F2N7O2S. The number of morpholine rings is 1. The summed E-state index contributed by atoms with van der Waals surface area (Å²) in [5.74, 6) is -0.917. The lowest BCUT2D eigenvalue weighted by atomic mass is 10.1. The maximum Gasteiger partial charge on any atom is 0.228 e. The third-order valence-electron chi connectivity index (χ3n) is 5.63. The molecule has 3 aromatic heterocycles. The summed E-state index contributed by atoms with van der Waals surface area (Å²) >= 11 is 1.36. The van der Waals surface area contributed by atoms with Crippen LogP contribution in [0, 0.1) is 11.6 Å². The monoisotopic (exact) mass is 501 g/mol. The predicted molar refractivity (Wildman–Crippen MR) is 130 cm³/mol. The molecule has 4 heterocycles. The summed E-state index contributed by atoms with van der Waals surface area (Å²) in [6, 6.07) is 3.49. The fourth-order valence-corrected chi connectivity index (χ4v) is 4.98. The lowest BCUT2D eigenvalue weighted by molar-refractivity contribution is -0.0179. The standard InChI is InChI=1S/C23H25F2N7O2S/c1-13-9-31(11-18(34-13)14-8-26-32(10-14)12-33-4)22-27-19(16-6-5-15(24)7-17(16)25)20-21(28-22)29-23(35-20)30(2)3/h5-8,10,13,18H,9,11-12H2,1-4H3. The first-order valence-electron chi connectivity index (χ1n) is 11.1. The van der Waals surface area contributed by atoms with Crippen LogP contribution in [0.25, 0.3) is 21.6 Å². The minimum atomic E-state index is -0.686. The Morgan fingerprint density at radius 1 is 1.20 bits per heavy atom. The molecule has 0 aliphatic carbocycles. The largest absolute Gasteiger partial charge is 0.367 e. The van der Waals surface area contributed by atoms with Crippen LogP contribution in [0.1, 0.15) is 18.6 Å². The second-order valence-corrected chi connectivity index (χ2v) is 9.59. The van der Waals surface area contributed by atoms with Gasteiger partial charge in [-0.05, 0) is 19.1 Å². The molecule has 12 heteroatoms. The zero-order chi connectivity index (χ0) is 24.7. The third kappa shape index (κ3) is 4.68. The Morgan fingerprint density at radius 2 is 2.03 bits per heavy atom. The second-order valence-electron chi connectivity index (χ2n) is 8.61. The molecule has 0 amide bonds. The lowest BCUT2D eigenvalue weighted by Gasteiger charge is -2.36. The molecule has 0 spiro atoms. The molecule has 1 aromatic carbocycles. The van der Waals surface area contributed by atoms with E-state index < -0.39 is 11.6 Å². The summed E-state index contributed by atoms with van der Waals surface area (Å²) in [7, 11) is 5.36. The molecule has 4 aromatic rings. The summed E-state index contributed by atoms with van der Waals surface area (Å²) in [5, 5.41) is 5.03. The van der Waals surface area contributed by atoms with E-state index in [1.54, 1.807) is 18.0 Å². The maximum atomic E-state index is 14.8. The van der Waals surface area contributed by atoms with Gasteiger partial charge in [-0.1, -0.05) is 11.3 Å². The lowest BCUT2D eigenvalue weighted by Crippen LogP contribution is -2.43. The summed E-state index contributed by atoms with van der Waals surface area (Å²) in [4.78, 5) is 18.0. The van der Waals surface area contributed by atoms with Gasteiger partial charge >= 0.3 is 0 Å². The van der Waals surface area contributed by atoms with Crippen molar-refractivity contribution in [2.75, 3.05) is 44.1 Å². The van der Waals surface area contributed by atoms with Crippen LogP contribution in [0.15, 0.2) is 30.6 Å². The Hall–Kier alpha value is -3.22. The van der Waals surface area contributed by atoms with Gasteiger partial charge in [0.25, 0.3) is 0 Å². The van der Waals surface area contributed by atoms with Crippen molar-refractivity contribution in [1.29, 1.82) is 0 Å². The van der Waals surface area contributed by atoms with Gasteiger partial charge in [-0.15, -0.1) is 0 Å². The Labute approximate surface area is 204 Å². The number of hydrogen-bond acceptors (Lipinski definition) is 9. The first-order valence-corrected chi connectivity index (χ1v) is 11.9. The molecule has 5 rings (SSSR count). The molecule has 35 heavy (non-hydrogen) atoms. The van der Waals surface area contributed by atoms with Gasteiger partial charge < -0.3 is 19.3 Å². The predicted octanol–water partition coefficient (Wildman–Crippen LogP) is 3.86. The second kappa shape index (κ2) is 9.44. The fraction of sp³-hybridized carbons (Fsp3) is 0.391. The Bertz CT molecular complexity index is 1360. The zero-order valence-corrected chi connectivity index (χ0v) is 20.6. The van der Waals surface area contributed by atoms with Crippen molar-refractivity contribution in [2.24, 2.45) is 0 Å². The number of fused-ring (bicyclic) bond motifs is 1. The van der Waals surface area contributed by atoms with Crippen LogP contribution in [0.5, 0.6) is 0 Å². The molecule has 0 N–H and O–H groups in total. The smallest absolute Gasteiger partial charge is 0.228 e. The van der Waals surface area contributed by atoms with Gasteiger partial charge in [0.15, 0.2) is 10.8 Å². The number of methoxy groups -OCH3 is 1. The van der Waals surface area contributed by atoms with Gasteiger partial charge in [0.05, 0.1) is 24.5 Å². The molecular weight excluding hydrogens is 476 g/mol. The van der Waals surface area contributed by atoms with E-state index in [1.165, 1.54) is 23.5 Å². The number of thiazole rings is 1. The first-order chi connectivity index (χ1) is 16.8. The van der Waals surface area contributed by atoms with Crippen LogP contribution < -0.4 is 9.80 Å². The first kappa shape index (κ1) is 23.5. The molecule has 0 bridgehead atoms. The van der Waals surface area contributed by atoms with E-state index in [9.17, 15) is 8.78 Å². The van der Waals surface area contributed by atoms with Crippen molar-refractivity contribution >= 4 is 32.8 Å². The number of aromatic nitrogens is 5. The van der Waals surface area contributed by atoms with Gasteiger partial charge in [0.1, 0.15) is 29.2 Å². The van der Waals surface area contributed by atoms with Crippen LogP contribution in [0.3, 0.4) is 0 Å². The number of hydrogen-bond donors (Lipinski definition) is 0. The highest BCUT2D eigenvalue weighted by molar-refractivity contribution is 7.22. The molecule has 0 saturated carbocycles. The van der Waals surface area contributed by atoms with Crippen molar-refractivity contribution in [3.63, 3.8) is 0 Å². The average molecular weight is 502 g/mol. The molecule has 1 saturated heterocycles. The number of benzene rings is 1. The molecule has 9 nitrogen and oxygen atoms in total. The van der Waals surface area contributed by atoms with E-state index in [4.69, 9.17) is 19.4 Å².